The first-order valence-electron chi connectivity index (χ1n) is 6.37. The van der Waals surface area contributed by atoms with Gasteiger partial charge in [-0.1, -0.05) is 18.2 Å². The highest BCUT2D eigenvalue weighted by Crippen LogP contribution is 2.21. The van der Waals surface area contributed by atoms with Gasteiger partial charge in [0, 0.05) is 11.3 Å². The van der Waals surface area contributed by atoms with Crippen LogP contribution in [0.2, 0.25) is 0 Å². The summed E-state index contributed by atoms with van der Waals surface area (Å²) in [6, 6.07) is 10.4. The fourth-order valence-corrected chi connectivity index (χ4v) is 1.93. The zero-order valence-electron chi connectivity index (χ0n) is 11.3. The summed E-state index contributed by atoms with van der Waals surface area (Å²) in [6.45, 7) is 2.26. The molecule has 2 rings (SSSR count). The average Bonchev–Trinajstić information content (AvgIpc) is 2.44. The third-order valence-corrected chi connectivity index (χ3v) is 2.92. The van der Waals surface area contributed by atoms with E-state index in [0.717, 1.165) is 5.56 Å². The van der Waals surface area contributed by atoms with E-state index in [1.807, 2.05) is 12.1 Å². The zero-order chi connectivity index (χ0) is 14.5. The molecule has 0 radical (unpaired) electrons. The Morgan fingerprint density at radius 3 is 2.80 bits per heavy atom. The number of amides is 1. The number of hydrogen-bond acceptors (Lipinski definition) is 4. The second-order valence-electron chi connectivity index (χ2n) is 4.47. The molecule has 1 heterocycles. The predicted octanol–water partition coefficient (Wildman–Crippen LogP) is 1.85. The number of benzene rings is 1. The molecule has 5 nitrogen and oxygen atoms in total. The van der Waals surface area contributed by atoms with Gasteiger partial charge in [-0.2, -0.15) is 0 Å². The summed E-state index contributed by atoms with van der Waals surface area (Å²) in [5.74, 6) is -0.194. The maximum atomic E-state index is 12.3. The van der Waals surface area contributed by atoms with Gasteiger partial charge < -0.3 is 16.2 Å². The van der Waals surface area contributed by atoms with Crippen molar-refractivity contribution in [3.63, 3.8) is 0 Å². The Morgan fingerprint density at radius 2 is 2.05 bits per heavy atom. The van der Waals surface area contributed by atoms with E-state index in [-0.39, 0.29) is 17.5 Å². The number of anilines is 1. The summed E-state index contributed by atoms with van der Waals surface area (Å²) >= 11 is 0. The zero-order valence-corrected chi connectivity index (χ0v) is 11.3. The third kappa shape index (κ3) is 3.13. The third-order valence-electron chi connectivity index (χ3n) is 2.92. The van der Waals surface area contributed by atoms with Crippen molar-refractivity contribution in [3.05, 3.63) is 53.2 Å². The maximum absolute atomic E-state index is 12.3. The topological polar surface area (TPSA) is 88.2 Å². The van der Waals surface area contributed by atoms with Crippen LogP contribution in [-0.4, -0.2) is 22.5 Å². The Hall–Kier alpha value is -2.40. The molecule has 0 saturated heterocycles. The van der Waals surface area contributed by atoms with Gasteiger partial charge in [-0.3, -0.25) is 4.79 Å². The number of carbonyl (C=O) groups is 1. The van der Waals surface area contributed by atoms with Crippen molar-refractivity contribution in [1.82, 2.24) is 4.98 Å². The average molecular weight is 271 g/mol. The number of carbonyl (C=O) groups excluding carboxylic acids is 1. The molecule has 5 heteroatoms. The highest BCUT2D eigenvalue weighted by atomic mass is 16.3. The van der Waals surface area contributed by atoms with Gasteiger partial charge in [0.1, 0.15) is 0 Å². The van der Waals surface area contributed by atoms with E-state index in [1.54, 1.807) is 25.1 Å². The maximum Gasteiger partial charge on any atom is 0.257 e. The molecule has 0 atom stereocenters. The van der Waals surface area contributed by atoms with E-state index in [9.17, 15) is 9.90 Å². The molecule has 104 valence electrons. The molecule has 0 aliphatic heterocycles. The lowest BCUT2D eigenvalue weighted by Gasteiger charge is -2.10. The Labute approximate surface area is 117 Å². The Morgan fingerprint density at radius 1 is 1.30 bits per heavy atom. The van der Waals surface area contributed by atoms with Crippen LogP contribution in [-0.2, 0) is 6.42 Å². The summed E-state index contributed by atoms with van der Waals surface area (Å²) in [6.07, 6.45) is 0.622. The molecule has 0 fully saturated rings. The van der Waals surface area contributed by atoms with E-state index in [0.29, 0.717) is 24.2 Å². The van der Waals surface area contributed by atoms with Crippen LogP contribution in [0.3, 0.4) is 0 Å². The van der Waals surface area contributed by atoms with E-state index < -0.39 is 0 Å². The highest BCUT2D eigenvalue weighted by Gasteiger charge is 2.13. The Bertz CT molecular complexity index is 626. The molecule has 0 bridgehead atoms. The van der Waals surface area contributed by atoms with Crippen LogP contribution >= 0.6 is 0 Å². The minimum atomic E-state index is -0.303. The van der Waals surface area contributed by atoms with Gasteiger partial charge in [-0.05, 0) is 43.7 Å². The summed E-state index contributed by atoms with van der Waals surface area (Å²) in [5.41, 5.74) is 7.68. The van der Waals surface area contributed by atoms with Crippen LogP contribution in [0.1, 0.15) is 21.6 Å². The molecule has 1 aromatic carbocycles. The fourth-order valence-electron chi connectivity index (χ4n) is 1.93. The molecule has 0 aliphatic rings. The summed E-state index contributed by atoms with van der Waals surface area (Å²) in [5, 5.41) is 12.3. The number of aromatic nitrogens is 1. The first-order chi connectivity index (χ1) is 9.61. The van der Waals surface area contributed by atoms with Gasteiger partial charge in [0.15, 0.2) is 11.6 Å². The highest BCUT2D eigenvalue weighted by molar-refractivity contribution is 6.05. The number of rotatable bonds is 4. The standard InChI is InChI=1S/C15H17N3O2/c1-10-6-7-13(19)14(17-10)18-15(20)12-5-3-2-4-11(12)8-9-16/h2-7,19H,8-9,16H2,1H3,(H,17,18,20). The first kappa shape index (κ1) is 14.0. The van der Waals surface area contributed by atoms with Gasteiger partial charge in [-0.25, -0.2) is 4.98 Å². The number of aromatic hydroxyl groups is 1. The smallest absolute Gasteiger partial charge is 0.257 e. The normalized spacial score (nSPS) is 10.3. The summed E-state index contributed by atoms with van der Waals surface area (Å²) in [4.78, 5) is 16.4. The Balaban J connectivity index is 2.26. The molecule has 0 saturated carbocycles. The lowest BCUT2D eigenvalue weighted by molar-refractivity contribution is 0.102. The van der Waals surface area contributed by atoms with Crippen molar-refractivity contribution >= 4 is 11.7 Å². The van der Waals surface area contributed by atoms with Gasteiger partial charge in [-0.15, -0.1) is 0 Å². The van der Waals surface area contributed by atoms with Crippen molar-refractivity contribution in [2.24, 2.45) is 5.73 Å². The lowest BCUT2D eigenvalue weighted by atomic mass is 10.0. The van der Waals surface area contributed by atoms with E-state index in [4.69, 9.17) is 5.73 Å². The number of nitrogens with zero attached hydrogens (tertiary/aromatic N) is 1. The van der Waals surface area contributed by atoms with Crippen molar-refractivity contribution in [2.75, 3.05) is 11.9 Å². The van der Waals surface area contributed by atoms with Crippen molar-refractivity contribution in [3.8, 4) is 5.75 Å². The van der Waals surface area contributed by atoms with Gasteiger partial charge in [0.05, 0.1) is 0 Å². The van der Waals surface area contributed by atoms with Crippen molar-refractivity contribution in [2.45, 2.75) is 13.3 Å². The van der Waals surface area contributed by atoms with Crippen molar-refractivity contribution in [1.29, 1.82) is 0 Å². The van der Waals surface area contributed by atoms with E-state index in [2.05, 4.69) is 10.3 Å². The lowest BCUT2D eigenvalue weighted by Crippen LogP contribution is -2.16. The van der Waals surface area contributed by atoms with Crippen molar-refractivity contribution < 1.29 is 9.90 Å². The molecular formula is C15H17N3O2. The number of hydrogen-bond donors (Lipinski definition) is 3. The van der Waals surface area contributed by atoms with Crippen LogP contribution in [0.15, 0.2) is 36.4 Å². The number of nitrogens with two attached hydrogens (primary N) is 1. The van der Waals surface area contributed by atoms with E-state index in [1.165, 1.54) is 6.07 Å². The molecule has 0 unspecified atom stereocenters. The summed E-state index contributed by atoms with van der Waals surface area (Å²) in [7, 11) is 0. The van der Waals surface area contributed by atoms with Crippen LogP contribution in [0, 0.1) is 6.92 Å². The molecule has 0 aliphatic carbocycles. The first-order valence-corrected chi connectivity index (χ1v) is 6.37. The Kier molecular flexibility index (Phi) is 4.32. The van der Waals surface area contributed by atoms with Crippen LogP contribution < -0.4 is 11.1 Å². The van der Waals surface area contributed by atoms with Gasteiger partial charge >= 0.3 is 0 Å². The molecule has 1 amide bonds. The molecule has 4 N–H and O–H groups in total. The van der Waals surface area contributed by atoms with Crippen LogP contribution in [0.25, 0.3) is 0 Å². The van der Waals surface area contributed by atoms with Gasteiger partial charge in [0.25, 0.3) is 5.91 Å². The second-order valence-corrected chi connectivity index (χ2v) is 4.47. The minimum Gasteiger partial charge on any atom is -0.504 e. The predicted molar refractivity (Wildman–Crippen MR) is 77.8 cm³/mol. The quantitative estimate of drug-likeness (QED) is 0.791. The molecule has 1 aromatic heterocycles. The SMILES string of the molecule is Cc1ccc(O)c(NC(=O)c2ccccc2CCN)n1. The van der Waals surface area contributed by atoms with E-state index >= 15 is 0 Å². The monoisotopic (exact) mass is 271 g/mol. The number of nitrogens with one attached hydrogen (secondary N) is 1. The molecular weight excluding hydrogens is 254 g/mol. The second kappa shape index (κ2) is 6.16. The minimum absolute atomic E-state index is 0.0553. The summed E-state index contributed by atoms with van der Waals surface area (Å²) < 4.78 is 0. The largest absolute Gasteiger partial charge is 0.504 e. The number of aryl methyl sites for hydroxylation is 1. The molecule has 2 aromatic rings. The molecule has 0 spiro atoms. The van der Waals surface area contributed by atoms with Crippen LogP contribution in [0.5, 0.6) is 5.75 Å². The van der Waals surface area contributed by atoms with Gasteiger partial charge in [0.2, 0.25) is 0 Å². The van der Waals surface area contributed by atoms with Crippen LogP contribution in [0.4, 0.5) is 5.82 Å². The molecule has 20 heavy (non-hydrogen) atoms. The fraction of sp³-hybridized carbons (Fsp3) is 0.200. The number of pyridine rings is 1.